The zero-order valence-corrected chi connectivity index (χ0v) is 10.1. The molecular formula is C13H22N2. The summed E-state index contributed by atoms with van der Waals surface area (Å²) in [6.45, 7) is 5.43. The van der Waals surface area contributed by atoms with Crippen molar-refractivity contribution in [2.24, 2.45) is 0 Å². The average Bonchev–Trinajstić information content (AvgIpc) is 2.25. The van der Waals surface area contributed by atoms with Gasteiger partial charge in [-0.05, 0) is 33.0 Å². The summed E-state index contributed by atoms with van der Waals surface area (Å²) < 4.78 is 0. The highest BCUT2D eigenvalue weighted by Crippen LogP contribution is 2.04. The number of rotatable bonds is 6. The Morgan fingerprint density at radius 1 is 1.13 bits per heavy atom. The number of hydrogen-bond donors (Lipinski definition) is 1. The monoisotopic (exact) mass is 206 g/mol. The first-order valence-electron chi connectivity index (χ1n) is 5.61. The Morgan fingerprint density at radius 2 is 1.80 bits per heavy atom. The molecule has 0 spiro atoms. The van der Waals surface area contributed by atoms with Crippen molar-refractivity contribution >= 4 is 0 Å². The highest BCUT2D eigenvalue weighted by molar-refractivity contribution is 5.21. The molecule has 0 heterocycles. The Kier molecular flexibility index (Phi) is 5.37. The minimum atomic E-state index is 1.06. The molecule has 0 fully saturated rings. The highest BCUT2D eigenvalue weighted by atomic mass is 15.1. The molecule has 1 N–H and O–H groups in total. The van der Waals surface area contributed by atoms with Gasteiger partial charge >= 0.3 is 0 Å². The first-order valence-corrected chi connectivity index (χ1v) is 5.61. The highest BCUT2D eigenvalue weighted by Gasteiger charge is 1.98. The lowest BCUT2D eigenvalue weighted by atomic mass is 10.1. The standard InChI is InChI=1S/C13H22N2/c1-12-4-6-13(7-5-12)8-10-15(3)11-9-14-2/h4-7,14H,8-11H2,1-3H3. The summed E-state index contributed by atoms with van der Waals surface area (Å²) >= 11 is 0. The van der Waals surface area contributed by atoms with Crippen LogP contribution in [0.15, 0.2) is 24.3 Å². The van der Waals surface area contributed by atoms with Crippen LogP contribution in [0.25, 0.3) is 0 Å². The average molecular weight is 206 g/mol. The SMILES string of the molecule is CNCCN(C)CCc1ccc(C)cc1. The number of nitrogens with zero attached hydrogens (tertiary/aromatic N) is 1. The molecule has 0 radical (unpaired) electrons. The van der Waals surface area contributed by atoms with E-state index in [0.29, 0.717) is 0 Å². The van der Waals surface area contributed by atoms with Gasteiger partial charge in [-0.25, -0.2) is 0 Å². The Bertz CT molecular complexity index is 266. The number of aryl methyl sites for hydroxylation is 1. The third-order valence-corrected chi connectivity index (χ3v) is 2.65. The van der Waals surface area contributed by atoms with Gasteiger partial charge in [-0.2, -0.15) is 0 Å². The van der Waals surface area contributed by atoms with Crippen LogP contribution in [-0.2, 0) is 6.42 Å². The van der Waals surface area contributed by atoms with E-state index >= 15 is 0 Å². The van der Waals surface area contributed by atoms with Crippen molar-refractivity contribution in [2.45, 2.75) is 13.3 Å². The fraction of sp³-hybridized carbons (Fsp3) is 0.538. The van der Waals surface area contributed by atoms with E-state index < -0.39 is 0 Å². The van der Waals surface area contributed by atoms with Crippen molar-refractivity contribution in [2.75, 3.05) is 33.7 Å². The molecule has 2 nitrogen and oxygen atoms in total. The minimum Gasteiger partial charge on any atom is -0.318 e. The van der Waals surface area contributed by atoms with Crippen LogP contribution in [0.5, 0.6) is 0 Å². The summed E-state index contributed by atoms with van der Waals surface area (Å²) in [6.07, 6.45) is 1.14. The Hall–Kier alpha value is -0.860. The van der Waals surface area contributed by atoms with Gasteiger partial charge in [-0.15, -0.1) is 0 Å². The van der Waals surface area contributed by atoms with Crippen LogP contribution >= 0.6 is 0 Å². The van der Waals surface area contributed by atoms with Gasteiger partial charge in [0.1, 0.15) is 0 Å². The molecular weight excluding hydrogens is 184 g/mol. The molecule has 0 bridgehead atoms. The first-order chi connectivity index (χ1) is 7.22. The second-order valence-electron chi connectivity index (χ2n) is 4.14. The van der Waals surface area contributed by atoms with E-state index in [1.807, 2.05) is 7.05 Å². The molecule has 1 aromatic rings. The van der Waals surface area contributed by atoms with Gasteiger partial charge in [-0.3, -0.25) is 0 Å². The lowest BCUT2D eigenvalue weighted by molar-refractivity contribution is 0.339. The molecule has 0 aliphatic carbocycles. The molecule has 0 aromatic heterocycles. The zero-order chi connectivity index (χ0) is 11.1. The van der Waals surface area contributed by atoms with Crippen LogP contribution in [0.4, 0.5) is 0 Å². The predicted molar refractivity (Wildman–Crippen MR) is 66.3 cm³/mol. The van der Waals surface area contributed by atoms with E-state index in [-0.39, 0.29) is 0 Å². The number of hydrogen-bond acceptors (Lipinski definition) is 2. The normalized spacial score (nSPS) is 10.9. The molecule has 0 atom stereocenters. The topological polar surface area (TPSA) is 15.3 Å². The summed E-state index contributed by atoms with van der Waals surface area (Å²) in [5, 5.41) is 3.16. The van der Waals surface area contributed by atoms with Crippen LogP contribution in [0.2, 0.25) is 0 Å². The van der Waals surface area contributed by atoms with Gasteiger partial charge in [0, 0.05) is 19.6 Å². The van der Waals surface area contributed by atoms with Crippen molar-refractivity contribution in [1.82, 2.24) is 10.2 Å². The Morgan fingerprint density at radius 3 is 2.40 bits per heavy atom. The van der Waals surface area contributed by atoms with Crippen molar-refractivity contribution in [3.05, 3.63) is 35.4 Å². The van der Waals surface area contributed by atoms with E-state index in [2.05, 4.69) is 48.5 Å². The minimum absolute atomic E-state index is 1.06. The van der Waals surface area contributed by atoms with E-state index in [0.717, 1.165) is 26.1 Å². The predicted octanol–water partition coefficient (Wildman–Crippen LogP) is 1.69. The van der Waals surface area contributed by atoms with Crippen LogP contribution < -0.4 is 5.32 Å². The molecule has 0 amide bonds. The van der Waals surface area contributed by atoms with Crippen LogP contribution in [0, 0.1) is 6.92 Å². The molecule has 0 saturated carbocycles. The molecule has 0 aliphatic heterocycles. The van der Waals surface area contributed by atoms with Gasteiger partial charge in [0.25, 0.3) is 0 Å². The van der Waals surface area contributed by atoms with Crippen LogP contribution in [-0.4, -0.2) is 38.6 Å². The zero-order valence-electron chi connectivity index (χ0n) is 10.1. The Balaban J connectivity index is 2.27. The van der Waals surface area contributed by atoms with Crippen molar-refractivity contribution < 1.29 is 0 Å². The van der Waals surface area contributed by atoms with Crippen molar-refractivity contribution in [3.8, 4) is 0 Å². The molecule has 1 rings (SSSR count). The van der Waals surface area contributed by atoms with Crippen molar-refractivity contribution in [3.63, 3.8) is 0 Å². The number of nitrogens with one attached hydrogen (secondary N) is 1. The summed E-state index contributed by atoms with van der Waals surface area (Å²) in [7, 11) is 4.17. The molecule has 1 aromatic carbocycles. The summed E-state index contributed by atoms with van der Waals surface area (Å²) in [5.41, 5.74) is 2.76. The van der Waals surface area contributed by atoms with Crippen molar-refractivity contribution in [1.29, 1.82) is 0 Å². The van der Waals surface area contributed by atoms with E-state index in [4.69, 9.17) is 0 Å². The second kappa shape index (κ2) is 6.59. The fourth-order valence-corrected chi connectivity index (χ4v) is 1.49. The van der Waals surface area contributed by atoms with Gasteiger partial charge in [0.15, 0.2) is 0 Å². The van der Waals surface area contributed by atoms with E-state index in [9.17, 15) is 0 Å². The summed E-state index contributed by atoms with van der Waals surface area (Å²) in [6, 6.07) is 8.81. The number of likely N-dealkylation sites (N-methyl/N-ethyl adjacent to an activating group) is 2. The largest absolute Gasteiger partial charge is 0.318 e. The van der Waals surface area contributed by atoms with Gasteiger partial charge in [0.05, 0.1) is 0 Å². The molecule has 2 heteroatoms. The van der Waals surface area contributed by atoms with Gasteiger partial charge in [0.2, 0.25) is 0 Å². The van der Waals surface area contributed by atoms with Gasteiger partial charge < -0.3 is 10.2 Å². The fourth-order valence-electron chi connectivity index (χ4n) is 1.49. The van der Waals surface area contributed by atoms with Crippen LogP contribution in [0.3, 0.4) is 0 Å². The third-order valence-electron chi connectivity index (χ3n) is 2.65. The smallest absolute Gasteiger partial charge is 0.0104 e. The maximum Gasteiger partial charge on any atom is 0.0104 e. The van der Waals surface area contributed by atoms with E-state index in [1.54, 1.807) is 0 Å². The lowest BCUT2D eigenvalue weighted by Gasteiger charge is -2.16. The Labute approximate surface area is 93.3 Å². The molecule has 15 heavy (non-hydrogen) atoms. The molecule has 0 saturated heterocycles. The summed E-state index contributed by atoms with van der Waals surface area (Å²) in [4.78, 5) is 2.36. The molecule has 0 unspecified atom stereocenters. The third kappa shape index (κ3) is 4.96. The lowest BCUT2D eigenvalue weighted by Crippen LogP contribution is -2.29. The quantitative estimate of drug-likeness (QED) is 0.762. The van der Waals surface area contributed by atoms with Gasteiger partial charge in [-0.1, -0.05) is 29.8 Å². The second-order valence-corrected chi connectivity index (χ2v) is 4.14. The molecule has 0 aliphatic rings. The first kappa shape index (κ1) is 12.2. The maximum atomic E-state index is 3.16. The molecule has 84 valence electrons. The summed E-state index contributed by atoms with van der Waals surface area (Å²) in [5.74, 6) is 0. The van der Waals surface area contributed by atoms with Crippen LogP contribution in [0.1, 0.15) is 11.1 Å². The van der Waals surface area contributed by atoms with E-state index in [1.165, 1.54) is 11.1 Å². The maximum absolute atomic E-state index is 3.16. The number of benzene rings is 1.